The number of rotatable bonds is 4. The summed E-state index contributed by atoms with van der Waals surface area (Å²) in [5.74, 6) is -0.536. The van der Waals surface area contributed by atoms with Crippen molar-refractivity contribution in [2.24, 2.45) is 0 Å². The smallest absolute Gasteiger partial charge is 0.321 e. The first-order valence-electron chi connectivity index (χ1n) is 9.75. The van der Waals surface area contributed by atoms with E-state index in [9.17, 15) is 13.2 Å². The SMILES string of the molecule is O=C1CN(S(=O)(=O)c2ccccc2)CC(Cn2c3ccccc3c3ccccc32)O1. The topological polar surface area (TPSA) is 68.6 Å². The summed E-state index contributed by atoms with van der Waals surface area (Å²) in [6.45, 7) is 0.214. The van der Waals surface area contributed by atoms with Crippen LogP contribution in [0.2, 0.25) is 0 Å². The zero-order chi connectivity index (χ0) is 20.7. The Morgan fingerprint density at radius 3 is 2.03 bits per heavy atom. The van der Waals surface area contributed by atoms with Gasteiger partial charge in [-0.3, -0.25) is 4.79 Å². The van der Waals surface area contributed by atoms with Crippen LogP contribution in [-0.2, 0) is 26.1 Å². The van der Waals surface area contributed by atoms with Crippen LogP contribution in [0.1, 0.15) is 0 Å². The standard InChI is InChI=1S/C23H20N2O4S/c26-23-16-24(30(27,28)18-8-2-1-3-9-18)14-17(29-23)15-25-21-12-6-4-10-19(21)20-11-5-7-13-22(20)25/h1-13,17H,14-16H2. The quantitative estimate of drug-likeness (QED) is 0.475. The summed E-state index contributed by atoms with van der Waals surface area (Å²) in [4.78, 5) is 12.5. The van der Waals surface area contributed by atoms with Crippen molar-refractivity contribution in [2.45, 2.75) is 17.5 Å². The predicted molar refractivity (Wildman–Crippen MR) is 115 cm³/mol. The van der Waals surface area contributed by atoms with Gasteiger partial charge in [-0.1, -0.05) is 54.6 Å². The molecule has 1 unspecified atom stereocenters. The first kappa shape index (κ1) is 18.8. The monoisotopic (exact) mass is 420 g/mol. The third-order valence-corrected chi connectivity index (χ3v) is 7.28. The van der Waals surface area contributed by atoms with Gasteiger partial charge in [0.1, 0.15) is 12.6 Å². The molecule has 0 saturated carbocycles. The summed E-state index contributed by atoms with van der Waals surface area (Å²) in [5.41, 5.74) is 2.05. The van der Waals surface area contributed by atoms with Gasteiger partial charge in [0.05, 0.1) is 18.0 Å². The first-order valence-corrected chi connectivity index (χ1v) is 11.2. The van der Waals surface area contributed by atoms with Crippen LogP contribution in [0.25, 0.3) is 21.8 Å². The van der Waals surface area contributed by atoms with E-state index in [1.54, 1.807) is 18.2 Å². The molecule has 152 valence electrons. The van der Waals surface area contributed by atoms with Crippen molar-refractivity contribution in [1.29, 1.82) is 0 Å². The minimum atomic E-state index is -3.77. The summed E-state index contributed by atoms with van der Waals surface area (Å²) >= 11 is 0. The molecular weight excluding hydrogens is 400 g/mol. The molecule has 0 amide bonds. The minimum Gasteiger partial charge on any atom is -0.458 e. The number of benzene rings is 3. The van der Waals surface area contributed by atoms with E-state index in [-0.39, 0.29) is 18.0 Å². The second-order valence-electron chi connectivity index (χ2n) is 7.37. The van der Waals surface area contributed by atoms with Crippen LogP contribution in [0.15, 0.2) is 83.8 Å². The van der Waals surface area contributed by atoms with Crippen molar-refractivity contribution in [3.63, 3.8) is 0 Å². The van der Waals surface area contributed by atoms with Crippen LogP contribution in [0, 0.1) is 0 Å². The second kappa shape index (κ2) is 7.27. The van der Waals surface area contributed by atoms with E-state index in [1.807, 2.05) is 36.4 Å². The zero-order valence-electron chi connectivity index (χ0n) is 16.1. The van der Waals surface area contributed by atoms with Crippen molar-refractivity contribution >= 4 is 37.8 Å². The molecule has 5 rings (SSSR count). The summed E-state index contributed by atoms with van der Waals surface area (Å²) in [5, 5.41) is 2.23. The number of carbonyl (C=O) groups is 1. The lowest BCUT2D eigenvalue weighted by molar-refractivity contribution is -0.155. The normalized spacial score (nSPS) is 18.0. The lowest BCUT2D eigenvalue weighted by Crippen LogP contribution is -2.49. The fraction of sp³-hybridized carbons (Fsp3) is 0.174. The van der Waals surface area contributed by atoms with E-state index in [1.165, 1.54) is 16.4 Å². The predicted octanol–water partition coefficient (Wildman–Crippen LogP) is 3.41. The molecule has 0 N–H and O–H groups in total. The van der Waals surface area contributed by atoms with E-state index >= 15 is 0 Å². The Hall–Kier alpha value is -3.16. The molecule has 0 radical (unpaired) electrons. The third kappa shape index (κ3) is 3.16. The molecule has 4 aromatic rings. The van der Waals surface area contributed by atoms with Crippen molar-refractivity contribution in [1.82, 2.24) is 8.87 Å². The van der Waals surface area contributed by atoms with Gasteiger partial charge in [0.25, 0.3) is 0 Å². The van der Waals surface area contributed by atoms with Crippen molar-refractivity contribution in [2.75, 3.05) is 13.1 Å². The fourth-order valence-electron chi connectivity index (χ4n) is 4.12. The van der Waals surface area contributed by atoms with E-state index in [4.69, 9.17) is 4.74 Å². The summed E-state index contributed by atoms with van der Waals surface area (Å²) < 4.78 is 34.9. The Bertz CT molecular complexity index is 1290. The highest BCUT2D eigenvalue weighted by atomic mass is 32.2. The number of para-hydroxylation sites is 2. The fourth-order valence-corrected chi connectivity index (χ4v) is 5.56. The lowest BCUT2D eigenvalue weighted by Gasteiger charge is -2.31. The molecule has 0 aliphatic carbocycles. The lowest BCUT2D eigenvalue weighted by atomic mass is 10.2. The highest BCUT2D eigenvalue weighted by Gasteiger charge is 2.35. The first-order chi connectivity index (χ1) is 14.5. The van der Waals surface area contributed by atoms with Gasteiger partial charge in [-0.15, -0.1) is 0 Å². The maximum Gasteiger partial charge on any atom is 0.321 e. The van der Waals surface area contributed by atoms with Gasteiger partial charge in [-0.2, -0.15) is 4.31 Å². The number of fused-ring (bicyclic) bond motifs is 3. The number of cyclic esters (lactones) is 1. The van der Waals surface area contributed by atoms with Crippen LogP contribution >= 0.6 is 0 Å². The summed E-state index contributed by atoms with van der Waals surface area (Å²) in [6, 6.07) is 24.3. The molecule has 1 aromatic heterocycles. The molecule has 6 nitrogen and oxygen atoms in total. The number of morpholine rings is 1. The van der Waals surface area contributed by atoms with Crippen LogP contribution in [-0.4, -0.2) is 42.5 Å². The molecular formula is C23H20N2O4S. The Kier molecular flexibility index (Phi) is 4.56. The molecule has 7 heteroatoms. The Morgan fingerprint density at radius 1 is 0.833 bits per heavy atom. The molecule has 1 atom stereocenters. The van der Waals surface area contributed by atoms with Gasteiger partial charge in [-0.25, -0.2) is 8.42 Å². The third-order valence-electron chi connectivity index (χ3n) is 5.46. The minimum absolute atomic E-state index is 0.115. The molecule has 1 aliphatic heterocycles. The number of nitrogens with zero attached hydrogens (tertiary/aromatic N) is 2. The van der Waals surface area contributed by atoms with Crippen LogP contribution in [0.4, 0.5) is 0 Å². The highest BCUT2D eigenvalue weighted by Crippen LogP contribution is 2.30. The summed E-state index contributed by atoms with van der Waals surface area (Å²) in [6.07, 6.45) is -0.580. The number of sulfonamides is 1. The zero-order valence-corrected chi connectivity index (χ0v) is 17.0. The average Bonchev–Trinajstić information content (AvgIpc) is 3.08. The van der Waals surface area contributed by atoms with E-state index in [2.05, 4.69) is 16.7 Å². The Labute approximate surface area is 174 Å². The average molecular weight is 420 g/mol. The summed E-state index contributed by atoms with van der Waals surface area (Å²) in [7, 11) is -3.77. The van der Waals surface area contributed by atoms with Gasteiger partial charge in [0, 0.05) is 21.8 Å². The number of ether oxygens (including phenoxy) is 1. The molecule has 1 fully saturated rings. The molecule has 1 saturated heterocycles. The largest absolute Gasteiger partial charge is 0.458 e. The number of carbonyl (C=O) groups excluding carboxylic acids is 1. The maximum absolute atomic E-state index is 13.0. The van der Waals surface area contributed by atoms with Crippen molar-refractivity contribution in [3.05, 3.63) is 78.9 Å². The van der Waals surface area contributed by atoms with Gasteiger partial charge < -0.3 is 9.30 Å². The second-order valence-corrected chi connectivity index (χ2v) is 9.31. The van der Waals surface area contributed by atoms with Gasteiger partial charge in [0.2, 0.25) is 10.0 Å². The molecule has 30 heavy (non-hydrogen) atoms. The number of hydrogen-bond donors (Lipinski definition) is 0. The van der Waals surface area contributed by atoms with Gasteiger partial charge in [-0.05, 0) is 24.3 Å². The van der Waals surface area contributed by atoms with Crippen molar-refractivity contribution in [3.8, 4) is 0 Å². The van der Waals surface area contributed by atoms with Crippen LogP contribution < -0.4 is 0 Å². The van der Waals surface area contributed by atoms with Gasteiger partial charge >= 0.3 is 5.97 Å². The Morgan fingerprint density at radius 2 is 1.40 bits per heavy atom. The maximum atomic E-state index is 13.0. The number of aromatic nitrogens is 1. The number of esters is 1. The molecule has 3 aromatic carbocycles. The molecule has 0 spiro atoms. The van der Waals surface area contributed by atoms with Gasteiger partial charge in [0.15, 0.2) is 0 Å². The molecule has 0 bridgehead atoms. The van der Waals surface area contributed by atoms with Crippen LogP contribution in [0.5, 0.6) is 0 Å². The Balaban J connectivity index is 1.50. The van der Waals surface area contributed by atoms with E-state index in [0.29, 0.717) is 6.54 Å². The number of hydrogen-bond acceptors (Lipinski definition) is 4. The van der Waals surface area contributed by atoms with Crippen molar-refractivity contribution < 1.29 is 17.9 Å². The van der Waals surface area contributed by atoms with Crippen LogP contribution in [0.3, 0.4) is 0 Å². The highest BCUT2D eigenvalue weighted by molar-refractivity contribution is 7.89. The van der Waals surface area contributed by atoms with E-state index in [0.717, 1.165) is 21.8 Å². The molecule has 2 heterocycles. The van der Waals surface area contributed by atoms with E-state index < -0.39 is 22.1 Å². The molecule has 1 aliphatic rings.